The van der Waals surface area contributed by atoms with Crippen LogP contribution in [0.25, 0.3) is 43.1 Å². The van der Waals surface area contributed by atoms with E-state index >= 15 is 0 Å². The zero-order valence-electron chi connectivity index (χ0n) is 40.8. The van der Waals surface area contributed by atoms with Gasteiger partial charge < -0.3 is 27.1 Å². The fourth-order valence-corrected chi connectivity index (χ4v) is 11.7. The molecule has 0 aliphatic heterocycles. The van der Waals surface area contributed by atoms with Gasteiger partial charge in [-0.15, -0.1) is 0 Å². The summed E-state index contributed by atoms with van der Waals surface area (Å²) < 4.78 is 41.8. The Bertz CT molecular complexity index is 3090. The summed E-state index contributed by atoms with van der Waals surface area (Å²) in [6.45, 7) is 13.6. The zero-order chi connectivity index (χ0) is 49.0. The van der Waals surface area contributed by atoms with Gasteiger partial charge >= 0.3 is 17.2 Å². The quantitative estimate of drug-likeness (QED) is 0.0794. The molecule has 0 radical (unpaired) electrons. The third-order valence-electron chi connectivity index (χ3n) is 13.5. The number of hydrogen-bond donors (Lipinski definition) is 0. The molecule has 0 aliphatic rings. The first-order valence-electron chi connectivity index (χ1n) is 24.1. The average molecular weight is 991 g/mol. The van der Waals surface area contributed by atoms with Crippen LogP contribution in [0.5, 0.6) is 34.5 Å². The summed E-state index contributed by atoms with van der Waals surface area (Å²) in [6.07, 6.45) is 1.88. The molecule has 0 saturated heterocycles. The average Bonchev–Trinajstić information content (AvgIpc) is 3.40. The molecule has 0 unspecified atom stereocenters. The maximum absolute atomic E-state index is 7.12. The SMILES string of the molecule is CCC(C)(C)c1ccc(OP(Oc2cccc3ccccc23)Oc2cccc3ccccc23)c(Sc2cc(C(C)(C)CC)ccc2OP(Oc2cccc3ccccc23)Oc2cccc3ccccc23)c1. The van der Waals surface area contributed by atoms with Crippen molar-refractivity contribution in [1.29, 1.82) is 0 Å². The Hall–Kier alpha value is -6.75. The minimum Gasteiger partial charge on any atom is -0.408 e. The summed E-state index contributed by atoms with van der Waals surface area (Å²) in [5, 5.41) is 8.10. The molecule has 71 heavy (non-hydrogen) atoms. The van der Waals surface area contributed by atoms with Crippen molar-refractivity contribution in [3.63, 3.8) is 0 Å². The van der Waals surface area contributed by atoms with E-state index in [-0.39, 0.29) is 10.8 Å². The van der Waals surface area contributed by atoms with E-state index in [0.717, 1.165) is 65.7 Å². The van der Waals surface area contributed by atoms with Gasteiger partial charge in [0.15, 0.2) is 0 Å². The molecule has 0 atom stereocenters. The first-order valence-corrected chi connectivity index (χ1v) is 27.1. The molecule has 9 heteroatoms. The Labute approximate surface area is 423 Å². The zero-order valence-corrected chi connectivity index (χ0v) is 43.4. The van der Waals surface area contributed by atoms with Crippen LogP contribution in [0.2, 0.25) is 0 Å². The summed E-state index contributed by atoms with van der Waals surface area (Å²) in [5.74, 6) is 3.91. The van der Waals surface area contributed by atoms with E-state index in [1.807, 2.05) is 97.1 Å². The Morgan fingerprint density at radius 2 is 0.592 bits per heavy atom. The van der Waals surface area contributed by atoms with Crippen molar-refractivity contribution in [3.8, 4) is 34.5 Å². The van der Waals surface area contributed by atoms with E-state index < -0.39 is 17.2 Å². The van der Waals surface area contributed by atoms with Crippen molar-refractivity contribution >= 4 is 72.1 Å². The first-order chi connectivity index (χ1) is 34.5. The van der Waals surface area contributed by atoms with Gasteiger partial charge in [0.2, 0.25) is 0 Å². The monoisotopic (exact) mass is 990 g/mol. The predicted molar refractivity (Wildman–Crippen MR) is 297 cm³/mol. The summed E-state index contributed by atoms with van der Waals surface area (Å²) >= 11 is 1.59. The van der Waals surface area contributed by atoms with E-state index in [9.17, 15) is 0 Å². The van der Waals surface area contributed by atoms with Gasteiger partial charge in [-0.25, -0.2) is 0 Å². The molecule has 10 rings (SSSR count). The van der Waals surface area contributed by atoms with Crippen molar-refractivity contribution in [3.05, 3.63) is 217 Å². The number of fused-ring (bicyclic) bond motifs is 4. The minimum atomic E-state index is -2.08. The van der Waals surface area contributed by atoms with Crippen LogP contribution in [0, 0.1) is 0 Å². The van der Waals surface area contributed by atoms with Gasteiger partial charge in [-0.05, 0) is 105 Å². The van der Waals surface area contributed by atoms with Crippen molar-refractivity contribution < 1.29 is 27.1 Å². The number of rotatable bonds is 18. The Morgan fingerprint density at radius 1 is 0.324 bits per heavy atom. The summed E-state index contributed by atoms with van der Waals surface area (Å²) in [6, 6.07) is 70.0. The highest BCUT2D eigenvalue weighted by molar-refractivity contribution is 7.99. The van der Waals surface area contributed by atoms with Gasteiger partial charge in [0.1, 0.15) is 34.5 Å². The van der Waals surface area contributed by atoms with Crippen molar-refractivity contribution in [1.82, 2.24) is 0 Å². The van der Waals surface area contributed by atoms with Gasteiger partial charge in [0, 0.05) is 21.5 Å². The fourth-order valence-electron chi connectivity index (χ4n) is 8.39. The Kier molecular flexibility index (Phi) is 14.1. The second kappa shape index (κ2) is 20.9. The van der Waals surface area contributed by atoms with Crippen molar-refractivity contribution in [2.75, 3.05) is 0 Å². The topological polar surface area (TPSA) is 55.4 Å². The number of hydrogen-bond acceptors (Lipinski definition) is 7. The molecule has 0 spiro atoms. The highest BCUT2D eigenvalue weighted by atomic mass is 32.2. The molecule has 6 nitrogen and oxygen atoms in total. The van der Waals surface area contributed by atoms with Crippen LogP contribution in [0.3, 0.4) is 0 Å². The summed E-state index contributed by atoms with van der Waals surface area (Å²) in [5.41, 5.74) is 2.10. The van der Waals surface area contributed by atoms with Gasteiger partial charge in [-0.1, -0.05) is 211 Å². The standard InChI is InChI=1S/C62H56O6P2S/c1-7-61(3,4)47-37-39-57(67-69(63-53-33-17-25-43-21-9-13-29-49(43)53)64-54-34-18-26-44-22-10-14-30-50(44)54)59(41-47)71-60-42-48(62(5,6)8-2)38-40-58(60)68-70(65-55-35-19-27-45-23-11-15-31-51(45)55)66-56-36-20-28-46-24-12-16-32-52(46)56/h9-42H,7-8H2,1-6H3. The third kappa shape index (κ3) is 10.7. The Morgan fingerprint density at radius 3 is 0.887 bits per heavy atom. The molecule has 0 bridgehead atoms. The van der Waals surface area contributed by atoms with Crippen LogP contribution in [0.4, 0.5) is 0 Å². The summed E-state index contributed by atoms with van der Waals surface area (Å²) in [4.78, 5) is 1.76. The molecule has 356 valence electrons. The van der Waals surface area contributed by atoms with Gasteiger partial charge in [0.25, 0.3) is 0 Å². The lowest BCUT2D eigenvalue weighted by Crippen LogP contribution is -2.16. The summed E-state index contributed by atoms with van der Waals surface area (Å²) in [7, 11) is -4.17. The normalized spacial score (nSPS) is 11.9. The molecule has 0 fully saturated rings. The first kappa shape index (κ1) is 47.9. The van der Waals surface area contributed by atoms with E-state index in [0.29, 0.717) is 34.5 Å². The molecule has 0 aromatic heterocycles. The smallest absolute Gasteiger partial charge is 0.408 e. The van der Waals surface area contributed by atoms with Gasteiger partial charge in [-0.3, -0.25) is 0 Å². The van der Waals surface area contributed by atoms with Crippen LogP contribution in [0.1, 0.15) is 65.5 Å². The highest BCUT2D eigenvalue weighted by Crippen LogP contribution is 2.53. The lowest BCUT2D eigenvalue weighted by molar-refractivity contribution is 0.387. The highest BCUT2D eigenvalue weighted by Gasteiger charge is 2.30. The van der Waals surface area contributed by atoms with Crippen LogP contribution < -0.4 is 27.1 Å². The number of benzene rings is 10. The predicted octanol–water partition coefficient (Wildman–Crippen LogP) is 19.4. The molecule has 0 N–H and O–H groups in total. The van der Waals surface area contributed by atoms with E-state index in [2.05, 4.69) is 151 Å². The molecular formula is C62H56O6P2S. The molecule has 0 aliphatic carbocycles. The molecular weight excluding hydrogens is 935 g/mol. The second-order valence-electron chi connectivity index (χ2n) is 18.8. The van der Waals surface area contributed by atoms with E-state index in [1.54, 1.807) is 11.8 Å². The molecule has 0 heterocycles. The molecule has 0 amide bonds. The van der Waals surface area contributed by atoms with Crippen LogP contribution in [0.15, 0.2) is 216 Å². The second-order valence-corrected chi connectivity index (χ2v) is 21.9. The van der Waals surface area contributed by atoms with Gasteiger partial charge in [-0.2, -0.15) is 0 Å². The molecule has 10 aromatic rings. The van der Waals surface area contributed by atoms with Crippen molar-refractivity contribution in [2.45, 2.75) is 75.0 Å². The van der Waals surface area contributed by atoms with E-state index in [1.165, 1.54) is 11.1 Å². The third-order valence-corrected chi connectivity index (χ3v) is 16.6. The van der Waals surface area contributed by atoms with Gasteiger partial charge in [0.05, 0.1) is 9.79 Å². The lowest BCUT2D eigenvalue weighted by Gasteiger charge is -2.27. The molecule has 10 aromatic carbocycles. The maximum atomic E-state index is 7.12. The van der Waals surface area contributed by atoms with E-state index in [4.69, 9.17) is 27.1 Å². The largest absolute Gasteiger partial charge is 0.530 e. The van der Waals surface area contributed by atoms with Crippen LogP contribution in [-0.4, -0.2) is 0 Å². The Balaban J connectivity index is 1.08. The van der Waals surface area contributed by atoms with Crippen molar-refractivity contribution in [2.24, 2.45) is 0 Å². The minimum absolute atomic E-state index is 0.129. The van der Waals surface area contributed by atoms with Crippen LogP contribution >= 0.6 is 29.0 Å². The van der Waals surface area contributed by atoms with Crippen LogP contribution in [-0.2, 0) is 10.8 Å². The lowest BCUT2D eigenvalue weighted by atomic mass is 9.82. The molecule has 0 saturated carbocycles. The fraction of sp³-hybridized carbons (Fsp3) is 0.161. The maximum Gasteiger partial charge on any atom is 0.530 e.